The molecule has 0 atom stereocenters. The van der Waals surface area contributed by atoms with Gasteiger partial charge in [0.05, 0.1) is 25.6 Å². The molecule has 0 unspecified atom stereocenters. The van der Waals surface area contributed by atoms with Gasteiger partial charge in [-0.2, -0.15) is 0 Å². The average Bonchev–Trinajstić information content (AvgIpc) is 0.784. The van der Waals surface area contributed by atoms with E-state index in [2.05, 4.69) is 358 Å². The van der Waals surface area contributed by atoms with Gasteiger partial charge in [-0.25, -0.2) is 0 Å². The number of aliphatic hydroxyl groups is 1. The van der Waals surface area contributed by atoms with Crippen LogP contribution in [-0.2, 0) is 38.2 Å². The lowest BCUT2D eigenvalue weighted by atomic mass is 9.84. The van der Waals surface area contributed by atoms with E-state index in [9.17, 15) is 14.4 Å². The first kappa shape index (κ1) is 82.3. The molecule has 1 N–H and O–H groups in total. The summed E-state index contributed by atoms with van der Waals surface area (Å²) in [5.41, 5.74) is 15.2. The van der Waals surface area contributed by atoms with Crippen molar-refractivity contribution >= 4 is 71.7 Å². The van der Waals surface area contributed by atoms with E-state index < -0.39 is 0 Å². The van der Waals surface area contributed by atoms with E-state index >= 15 is 0 Å². The Morgan fingerprint density at radius 3 is 0.645 bits per heavy atom. The second kappa shape index (κ2) is 46.6. The van der Waals surface area contributed by atoms with E-state index in [1.165, 1.54) is 72.8 Å². The Bertz CT molecular complexity index is 4130. The minimum atomic E-state index is -0.313. The topological polar surface area (TPSA) is 88.5 Å². The zero-order valence-electron chi connectivity index (χ0n) is 60.7. The fourth-order valence-corrected chi connectivity index (χ4v) is 18.6. The predicted octanol–water partition coefficient (Wildman–Crippen LogP) is 23.4. The molecular formula is C98H94O5S4. The Labute approximate surface area is 652 Å². The van der Waals surface area contributed by atoms with Crippen molar-refractivity contribution in [3.8, 4) is 0 Å². The molecule has 5 nitrogen and oxygen atoms in total. The lowest BCUT2D eigenvalue weighted by Gasteiger charge is -2.35. The van der Waals surface area contributed by atoms with Crippen molar-refractivity contribution in [2.45, 2.75) is 51.6 Å². The zero-order valence-corrected chi connectivity index (χ0v) is 64.0. The summed E-state index contributed by atoms with van der Waals surface area (Å²) in [6.45, 7) is 4.80. The van der Waals surface area contributed by atoms with Gasteiger partial charge in [0, 0.05) is 12.2 Å². The fourth-order valence-electron chi connectivity index (χ4n) is 12.8. The van der Waals surface area contributed by atoms with Gasteiger partial charge in [0.2, 0.25) is 0 Å². The maximum absolute atomic E-state index is 11.2. The minimum absolute atomic E-state index is 0.0976. The Kier molecular flexibility index (Phi) is 35.8. The van der Waals surface area contributed by atoms with Crippen molar-refractivity contribution in [2.75, 3.05) is 29.6 Å². The van der Waals surface area contributed by atoms with Crippen LogP contribution in [0.5, 0.6) is 0 Å². The lowest BCUT2D eigenvalue weighted by molar-refractivity contribution is -0.112. The first-order chi connectivity index (χ1) is 52.8. The fraction of sp³-hybridized carbons (Fsp3) is 0.143. The normalized spacial score (nSPS) is 11.3. The number of hydrogen-bond acceptors (Lipinski definition) is 9. The van der Waals surface area contributed by atoms with Crippen molar-refractivity contribution in [3.05, 3.63) is 480 Å². The molecule has 12 aromatic rings. The number of benzene rings is 12. The standard InChI is InChI=1S/C25H24OS.C24H24OS.C24H22OS.C22H20OS.C3H4O/c1-21(26)13-11-12-20-27-25(22-14-5-2-6-15-22,23-16-7-3-8-17-23)24-18-9-4-10-19-24;2*25-19-11-4-12-20-26-24(21-13-5-1-6-14-21,22-15-7-2-8-16-22)23-17-9-3-10-18-23;23-17-10-18-24-22(19-11-4-1-5-12-19,20-13-6-2-7-14-20)21-15-8-3-9-16-21;1-2-3-4/h2-11,13-19H,12,20H2,1H3;1-11,13-18,25H,12,19-20H2;1-11,13-19H,12,20H2;1-9,11-17H,10,18H2;2-3H,1H2/b;;11-4+;;. The van der Waals surface area contributed by atoms with Crippen LogP contribution in [-0.4, -0.2) is 59.4 Å². The summed E-state index contributed by atoms with van der Waals surface area (Å²) in [5.74, 6) is 3.68. The molecule has 0 aromatic heterocycles. The molecule has 0 heterocycles. The highest BCUT2D eigenvalue weighted by molar-refractivity contribution is 8.01. The number of aldehydes is 3. The highest BCUT2D eigenvalue weighted by Gasteiger charge is 2.40. The van der Waals surface area contributed by atoms with Crippen molar-refractivity contribution in [3.63, 3.8) is 0 Å². The lowest BCUT2D eigenvalue weighted by Crippen LogP contribution is -2.26. The molecule has 0 spiro atoms. The number of hydrogen-bond donors (Lipinski definition) is 1. The number of rotatable bonds is 32. The van der Waals surface area contributed by atoms with Gasteiger partial charge in [0.15, 0.2) is 5.78 Å². The Hall–Kier alpha value is -10.4. The summed E-state index contributed by atoms with van der Waals surface area (Å²) in [6.07, 6.45) is 17.9. The quantitative estimate of drug-likeness (QED) is 0.0146. The summed E-state index contributed by atoms with van der Waals surface area (Å²) in [6, 6.07) is 128. The first-order valence-corrected chi connectivity index (χ1v) is 40.0. The largest absolute Gasteiger partial charge is 0.392 e. The average molecular weight is 1480 g/mol. The van der Waals surface area contributed by atoms with Crippen molar-refractivity contribution < 1.29 is 24.3 Å². The molecule has 0 amide bonds. The molecular weight excluding hydrogens is 1390 g/mol. The van der Waals surface area contributed by atoms with E-state index in [0.717, 1.165) is 54.8 Å². The maximum atomic E-state index is 11.2. The molecule has 0 aliphatic heterocycles. The summed E-state index contributed by atoms with van der Waals surface area (Å²) in [5, 5.41) is 8.97. The zero-order chi connectivity index (χ0) is 75.2. The Morgan fingerprint density at radius 2 is 0.477 bits per heavy atom. The van der Waals surface area contributed by atoms with Crippen molar-refractivity contribution in [2.24, 2.45) is 0 Å². The number of carbonyl (C=O) groups is 4. The van der Waals surface area contributed by atoms with E-state index in [1.54, 1.807) is 19.1 Å². The first-order valence-electron chi connectivity index (χ1n) is 36.0. The van der Waals surface area contributed by atoms with Gasteiger partial charge in [0.25, 0.3) is 0 Å². The van der Waals surface area contributed by atoms with Crippen LogP contribution in [0.4, 0.5) is 0 Å². The molecule has 12 aromatic carbocycles. The van der Waals surface area contributed by atoms with Gasteiger partial charge in [-0.1, -0.05) is 395 Å². The van der Waals surface area contributed by atoms with Gasteiger partial charge in [0.1, 0.15) is 18.9 Å². The molecule has 0 aliphatic carbocycles. The van der Waals surface area contributed by atoms with Crippen LogP contribution in [0, 0.1) is 0 Å². The van der Waals surface area contributed by atoms with E-state index in [1.807, 2.05) is 83.5 Å². The summed E-state index contributed by atoms with van der Waals surface area (Å²) in [7, 11) is 0. The molecule has 0 bridgehead atoms. The van der Waals surface area contributed by atoms with Crippen LogP contribution in [0.1, 0.15) is 99.4 Å². The molecule has 540 valence electrons. The summed E-state index contributed by atoms with van der Waals surface area (Å²) in [4.78, 5) is 41.7. The Morgan fingerprint density at radius 1 is 0.290 bits per heavy atom. The summed E-state index contributed by atoms with van der Waals surface area (Å²) >= 11 is 7.60. The van der Waals surface area contributed by atoms with Gasteiger partial charge in [-0.05, 0) is 128 Å². The maximum Gasteiger partial charge on any atom is 0.152 e. The molecule has 0 fully saturated rings. The summed E-state index contributed by atoms with van der Waals surface area (Å²) < 4.78 is -1.13. The van der Waals surface area contributed by atoms with Gasteiger partial charge < -0.3 is 9.90 Å². The molecule has 0 saturated carbocycles. The van der Waals surface area contributed by atoms with Crippen LogP contribution < -0.4 is 0 Å². The molecule has 0 saturated heterocycles. The number of thioether (sulfide) groups is 4. The second-order valence-electron chi connectivity index (χ2n) is 24.4. The monoisotopic (exact) mass is 1480 g/mol. The number of allylic oxidation sites excluding steroid dienone is 6. The molecule has 12 rings (SSSR count). The van der Waals surface area contributed by atoms with Gasteiger partial charge in [-0.3, -0.25) is 14.4 Å². The van der Waals surface area contributed by atoms with Crippen molar-refractivity contribution in [1.29, 1.82) is 0 Å². The third-order valence-electron chi connectivity index (χ3n) is 17.5. The van der Waals surface area contributed by atoms with Crippen LogP contribution >= 0.6 is 47.0 Å². The van der Waals surface area contributed by atoms with E-state index in [-0.39, 0.29) is 31.4 Å². The van der Waals surface area contributed by atoms with E-state index in [0.29, 0.717) is 12.7 Å². The molecule has 0 aliphatic rings. The van der Waals surface area contributed by atoms with Crippen LogP contribution in [0.2, 0.25) is 0 Å². The third-order valence-corrected chi connectivity index (χ3v) is 23.8. The Balaban J connectivity index is 0.000000177. The van der Waals surface area contributed by atoms with Crippen LogP contribution in [0.3, 0.4) is 0 Å². The SMILES string of the molecule is C=CC=O.CC(=O)C=CCCSC(c1ccccc1)(c1ccccc1)c1ccccc1.O=C/C=C/CCSC(c1ccccc1)(c1ccccc1)c1ccccc1.O=CCCSC(c1ccccc1)(c1ccccc1)c1ccccc1.OCC=CCCSC(c1ccccc1)(c1ccccc1)c1ccccc1. The van der Waals surface area contributed by atoms with Crippen LogP contribution in [0.25, 0.3) is 0 Å². The van der Waals surface area contributed by atoms with Gasteiger partial charge in [-0.15, -0.1) is 47.0 Å². The highest BCUT2D eigenvalue weighted by Crippen LogP contribution is 2.52. The molecule has 107 heavy (non-hydrogen) atoms. The van der Waals surface area contributed by atoms with Gasteiger partial charge >= 0.3 is 0 Å². The minimum Gasteiger partial charge on any atom is -0.392 e. The number of ketones is 1. The third kappa shape index (κ3) is 23.3. The molecule has 9 heteroatoms. The highest BCUT2D eigenvalue weighted by atomic mass is 32.2. The van der Waals surface area contributed by atoms with Crippen molar-refractivity contribution in [1.82, 2.24) is 0 Å². The molecule has 0 radical (unpaired) electrons. The number of aliphatic hydroxyl groups excluding tert-OH is 1. The number of carbonyl (C=O) groups excluding carboxylic acids is 4. The predicted molar refractivity (Wildman–Crippen MR) is 459 cm³/mol. The van der Waals surface area contributed by atoms with Crippen LogP contribution in [0.15, 0.2) is 413 Å². The van der Waals surface area contributed by atoms with E-state index in [4.69, 9.17) is 9.90 Å². The second-order valence-corrected chi connectivity index (χ2v) is 29.7. The smallest absolute Gasteiger partial charge is 0.152 e.